The molecule has 2 nitrogen and oxygen atoms in total. The molecule has 3 aromatic heterocycles. The molecule has 5 heteroatoms. The van der Waals surface area contributed by atoms with Crippen LogP contribution in [0.2, 0.25) is 19.6 Å². The maximum absolute atomic E-state index is 4.74. The molecular formula is C39H40IrN2SSi-2. The molecule has 0 atom stereocenters. The molecule has 44 heavy (non-hydrogen) atoms. The van der Waals surface area contributed by atoms with Gasteiger partial charge in [-0.25, -0.2) is 0 Å². The largest absolute Gasteiger partial charge is 0.305 e. The molecule has 1 saturated carbocycles. The minimum absolute atomic E-state index is 0. The van der Waals surface area contributed by atoms with E-state index < -0.39 is 8.07 Å². The van der Waals surface area contributed by atoms with Crippen LogP contribution in [-0.2, 0) is 20.1 Å². The monoisotopic (exact) mass is 789 g/mol. The van der Waals surface area contributed by atoms with E-state index in [1.54, 1.807) is 0 Å². The fraction of sp³-hybridized carbons (Fsp3) is 0.282. The third kappa shape index (κ3) is 7.13. The molecule has 1 aliphatic carbocycles. The van der Waals surface area contributed by atoms with Crippen molar-refractivity contribution in [3.8, 4) is 22.5 Å². The minimum atomic E-state index is -1.31. The van der Waals surface area contributed by atoms with Gasteiger partial charge in [0.2, 0.25) is 0 Å². The first-order chi connectivity index (χ1) is 20.8. The summed E-state index contributed by atoms with van der Waals surface area (Å²) in [5.74, 6) is 1.24. The zero-order valence-corrected chi connectivity index (χ0v) is 30.5. The maximum Gasteiger partial charge on any atom is 0.0776 e. The van der Waals surface area contributed by atoms with E-state index >= 15 is 0 Å². The second-order valence-corrected chi connectivity index (χ2v) is 19.2. The van der Waals surface area contributed by atoms with E-state index in [0.29, 0.717) is 11.8 Å². The number of pyridine rings is 2. The summed E-state index contributed by atoms with van der Waals surface area (Å²) >= 11 is 1.90. The zero-order chi connectivity index (χ0) is 30.0. The van der Waals surface area contributed by atoms with Crippen molar-refractivity contribution in [1.29, 1.82) is 0 Å². The summed E-state index contributed by atoms with van der Waals surface area (Å²) in [6.45, 7) is 11.6. The van der Waals surface area contributed by atoms with Gasteiger partial charge in [0.15, 0.2) is 0 Å². The molecule has 0 saturated heterocycles. The van der Waals surface area contributed by atoms with Crippen LogP contribution in [0.4, 0.5) is 0 Å². The second-order valence-electron chi connectivity index (χ2n) is 13.0. The van der Waals surface area contributed by atoms with Crippen molar-refractivity contribution >= 4 is 44.8 Å². The molecule has 0 spiro atoms. The Morgan fingerprint density at radius 1 is 0.818 bits per heavy atom. The summed E-state index contributed by atoms with van der Waals surface area (Å²) in [5.41, 5.74) is 7.00. The van der Waals surface area contributed by atoms with Crippen molar-refractivity contribution in [2.24, 2.45) is 0 Å². The molecule has 227 valence electrons. The van der Waals surface area contributed by atoms with Crippen LogP contribution in [0.3, 0.4) is 0 Å². The number of nitrogens with zero attached hydrogens (tertiary/aromatic N) is 2. The maximum atomic E-state index is 4.74. The molecule has 7 rings (SSSR count). The van der Waals surface area contributed by atoms with Gasteiger partial charge in [-0.15, -0.1) is 59.7 Å². The van der Waals surface area contributed by atoms with E-state index in [0.717, 1.165) is 22.5 Å². The van der Waals surface area contributed by atoms with Gasteiger partial charge in [-0.05, 0) is 63.8 Å². The van der Waals surface area contributed by atoms with Crippen LogP contribution in [0.1, 0.15) is 62.5 Å². The van der Waals surface area contributed by atoms with E-state index in [1.807, 2.05) is 48.0 Å². The smallest absolute Gasteiger partial charge is 0.0776 e. The summed E-state index contributed by atoms with van der Waals surface area (Å²) in [7, 11) is -1.31. The van der Waals surface area contributed by atoms with E-state index in [4.69, 9.17) is 4.98 Å². The van der Waals surface area contributed by atoms with Crippen molar-refractivity contribution in [3.63, 3.8) is 0 Å². The van der Waals surface area contributed by atoms with Crippen molar-refractivity contribution in [3.05, 3.63) is 115 Å². The Bertz CT molecular complexity index is 1830. The van der Waals surface area contributed by atoms with Crippen molar-refractivity contribution in [1.82, 2.24) is 9.97 Å². The first-order valence-corrected chi connectivity index (χ1v) is 19.9. The van der Waals surface area contributed by atoms with Crippen LogP contribution in [0.25, 0.3) is 42.7 Å². The summed E-state index contributed by atoms with van der Waals surface area (Å²) < 4.78 is 2.71. The molecule has 0 N–H and O–H groups in total. The number of hydrogen-bond donors (Lipinski definition) is 0. The average Bonchev–Trinajstić information content (AvgIpc) is 3.70. The molecule has 3 heterocycles. The standard InChI is InChI=1S/C25H26NSSi.C14H14N.Ir/c1-28(2,3)19-11-12-20-21-9-6-10-22(25(21)27-24(20)16-19)23-15-18(13-14-26-23)17-7-4-5-8-17;1-11(2)13-8-9-14(15-10-13)12-6-4-3-5-7-12;/h6,9,11-17H,4-5,7-8H2,1-3H3;3-6,8-11H,1-2H3;/q2*-1;. The van der Waals surface area contributed by atoms with Crippen molar-refractivity contribution < 1.29 is 20.1 Å². The first kappa shape index (κ1) is 32.4. The average molecular weight is 789 g/mol. The Labute approximate surface area is 281 Å². The molecule has 1 radical (unpaired) electrons. The molecule has 1 fully saturated rings. The Morgan fingerprint density at radius 3 is 2.32 bits per heavy atom. The molecule has 0 aliphatic heterocycles. The molecule has 0 bridgehead atoms. The predicted octanol–water partition coefficient (Wildman–Crippen LogP) is 10.8. The Balaban J connectivity index is 0.000000204. The van der Waals surface area contributed by atoms with Crippen LogP contribution in [0.5, 0.6) is 0 Å². The molecule has 3 aromatic carbocycles. The third-order valence-corrected chi connectivity index (χ3v) is 11.8. The summed E-state index contributed by atoms with van der Waals surface area (Å²) in [5, 5.41) is 4.23. The molecule has 0 amide bonds. The van der Waals surface area contributed by atoms with Gasteiger partial charge < -0.3 is 9.97 Å². The SMILES string of the molecule is CC(C)c1ccc(-c2[c-]cccc2)nc1.C[Si](C)(C)c1ccc2c(c1)sc1c(-c3cc(C4CCCC4)ccn3)[c-]ccc12.[Ir]. The van der Waals surface area contributed by atoms with E-state index in [1.165, 1.54) is 62.2 Å². The van der Waals surface area contributed by atoms with E-state index in [9.17, 15) is 0 Å². The Kier molecular flexibility index (Phi) is 10.3. The quantitative estimate of drug-likeness (QED) is 0.128. The molecule has 0 unspecified atom stereocenters. The van der Waals surface area contributed by atoms with Gasteiger partial charge in [0.05, 0.1) is 8.07 Å². The topological polar surface area (TPSA) is 25.8 Å². The Hall–Kier alpha value is -2.95. The van der Waals surface area contributed by atoms with Crippen LogP contribution in [0, 0.1) is 12.1 Å². The van der Waals surface area contributed by atoms with Crippen LogP contribution >= 0.6 is 11.3 Å². The first-order valence-electron chi connectivity index (χ1n) is 15.5. The summed E-state index contributed by atoms with van der Waals surface area (Å²) in [6.07, 6.45) is 9.30. The zero-order valence-electron chi connectivity index (χ0n) is 26.3. The normalized spacial score (nSPS) is 13.6. The third-order valence-electron chi connectivity index (χ3n) is 8.60. The van der Waals surface area contributed by atoms with Crippen LogP contribution < -0.4 is 5.19 Å². The summed E-state index contributed by atoms with van der Waals surface area (Å²) in [6, 6.07) is 34.7. The number of hydrogen-bond acceptors (Lipinski definition) is 3. The van der Waals surface area contributed by atoms with Gasteiger partial charge in [-0.2, -0.15) is 11.3 Å². The van der Waals surface area contributed by atoms with Crippen LogP contribution in [0.15, 0.2) is 91.3 Å². The minimum Gasteiger partial charge on any atom is -0.305 e. The van der Waals surface area contributed by atoms with Gasteiger partial charge >= 0.3 is 0 Å². The number of rotatable bonds is 5. The van der Waals surface area contributed by atoms with Gasteiger partial charge in [0, 0.05) is 37.2 Å². The number of thiophene rings is 1. The van der Waals surface area contributed by atoms with Crippen molar-refractivity contribution in [2.75, 3.05) is 0 Å². The van der Waals surface area contributed by atoms with E-state index in [-0.39, 0.29) is 20.1 Å². The van der Waals surface area contributed by atoms with Gasteiger partial charge in [-0.3, -0.25) is 0 Å². The molecule has 1 aliphatic rings. The fourth-order valence-corrected chi connectivity index (χ4v) is 8.47. The van der Waals surface area contributed by atoms with Gasteiger partial charge in [-0.1, -0.05) is 92.8 Å². The number of aromatic nitrogens is 2. The molecule has 6 aromatic rings. The van der Waals surface area contributed by atoms with Crippen molar-refractivity contribution in [2.45, 2.75) is 71.0 Å². The fourth-order valence-electron chi connectivity index (χ4n) is 5.95. The number of fused-ring (bicyclic) bond motifs is 3. The number of benzene rings is 3. The summed E-state index contributed by atoms with van der Waals surface area (Å²) in [4.78, 5) is 9.18. The predicted molar refractivity (Wildman–Crippen MR) is 188 cm³/mol. The second kappa shape index (κ2) is 14.0. The van der Waals surface area contributed by atoms with E-state index in [2.05, 4.69) is 105 Å². The van der Waals surface area contributed by atoms with Gasteiger partial charge in [0.1, 0.15) is 0 Å². The Morgan fingerprint density at radius 2 is 1.64 bits per heavy atom. The molecular weight excluding hydrogens is 749 g/mol. The van der Waals surface area contributed by atoms with Crippen LogP contribution in [-0.4, -0.2) is 18.0 Å². The van der Waals surface area contributed by atoms with Gasteiger partial charge in [0.25, 0.3) is 0 Å².